The standard InChI is InChI=1S/C29H31N3O/c1-20-26(23-16-10-11-17-25(23)31-20)27-24(29(27,2)3)18-19-30-28(33)32(21-12-6-4-7-13-21)22-14-8-5-9-15-22/h4-17,24,27,31H,18-19H2,1-3H3,(H,30,33). The van der Waals surface area contributed by atoms with Gasteiger partial charge in [-0.15, -0.1) is 0 Å². The molecule has 1 aromatic heterocycles. The first kappa shape index (κ1) is 21.3. The SMILES string of the molecule is Cc1[nH]c2ccccc2c1C1C(CCNC(=O)N(c2ccccc2)c2ccccc2)C1(C)C. The minimum atomic E-state index is -0.0920. The first-order chi connectivity index (χ1) is 16.0. The van der Waals surface area contributed by atoms with Crippen molar-refractivity contribution in [1.29, 1.82) is 0 Å². The Kier molecular flexibility index (Phi) is 5.45. The molecule has 168 valence electrons. The summed E-state index contributed by atoms with van der Waals surface area (Å²) in [6.07, 6.45) is 0.958. The monoisotopic (exact) mass is 437 g/mol. The minimum absolute atomic E-state index is 0.0920. The van der Waals surface area contributed by atoms with Gasteiger partial charge < -0.3 is 10.3 Å². The second-order valence-electron chi connectivity index (χ2n) is 9.64. The number of H-pyrrole nitrogens is 1. The van der Waals surface area contributed by atoms with Crippen molar-refractivity contribution >= 4 is 28.3 Å². The van der Waals surface area contributed by atoms with Crippen molar-refractivity contribution in [3.63, 3.8) is 0 Å². The van der Waals surface area contributed by atoms with Gasteiger partial charge in [-0.25, -0.2) is 4.79 Å². The van der Waals surface area contributed by atoms with E-state index in [0.717, 1.165) is 17.8 Å². The summed E-state index contributed by atoms with van der Waals surface area (Å²) < 4.78 is 0. The molecule has 0 aliphatic heterocycles. The quantitative estimate of drug-likeness (QED) is 0.330. The predicted octanol–water partition coefficient (Wildman–Crippen LogP) is 7.15. The number of urea groups is 1. The molecule has 2 N–H and O–H groups in total. The number of hydrogen-bond acceptors (Lipinski definition) is 1. The van der Waals surface area contributed by atoms with Crippen LogP contribution in [0.3, 0.4) is 0 Å². The average molecular weight is 438 g/mol. The number of amides is 2. The molecular formula is C29H31N3O. The highest BCUT2D eigenvalue weighted by Gasteiger charge is 2.58. The Labute approximate surface area is 195 Å². The summed E-state index contributed by atoms with van der Waals surface area (Å²) in [4.78, 5) is 18.6. The van der Waals surface area contributed by atoms with Crippen LogP contribution >= 0.6 is 0 Å². The fourth-order valence-corrected chi connectivity index (χ4v) is 5.51. The number of nitrogens with one attached hydrogen (secondary N) is 2. The molecule has 2 amide bonds. The van der Waals surface area contributed by atoms with Crippen LogP contribution in [0.2, 0.25) is 0 Å². The Morgan fingerprint density at radius 3 is 2.12 bits per heavy atom. The van der Waals surface area contributed by atoms with Gasteiger partial charge in [-0.3, -0.25) is 4.90 Å². The van der Waals surface area contributed by atoms with Crippen molar-refractivity contribution in [1.82, 2.24) is 10.3 Å². The lowest BCUT2D eigenvalue weighted by molar-refractivity contribution is 0.248. The second-order valence-corrected chi connectivity index (χ2v) is 9.64. The number of anilines is 2. The maximum Gasteiger partial charge on any atom is 0.326 e. The number of benzene rings is 3. The zero-order valence-corrected chi connectivity index (χ0v) is 19.5. The highest BCUT2D eigenvalue weighted by atomic mass is 16.2. The number of carbonyl (C=O) groups excluding carboxylic acids is 1. The first-order valence-electron chi connectivity index (χ1n) is 11.7. The van der Waals surface area contributed by atoms with Gasteiger partial charge in [-0.2, -0.15) is 0 Å². The topological polar surface area (TPSA) is 48.1 Å². The molecular weight excluding hydrogens is 406 g/mol. The van der Waals surface area contributed by atoms with Crippen LogP contribution in [0.5, 0.6) is 0 Å². The number of hydrogen-bond donors (Lipinski definition) is 2. The molecule has 2 atom stereocenters. The molecule has 3 aromatic carbocycles. The third-order valence-corrected chi connectivity index (χ3v) is 7.27. The van der Waals surface area contributed by atoms with Crippen LogP contribution in [-0.4, -0.2) is 17.6 Å². The number of aromatic amines is 1. The minimum Gasteiger partial charge on any atom is -0.358 e. The number of aromatic nitrogens is 1. The maximum absolute atomic E-state index is 13.3. The van der Waals surface area contributed by atoms with Crippen LogP contribution in [0.1, 0.15) is 37.4 Å². The molecule has 0 saturated heterocycles. The van der Waals surface area contributed by atoms with Crippen LogP contribution in [0, 0.1) is 18.3 Å². The molecule has 1 heterocycles. The van der Waals surface area contributed by atoms with Gasteiger partial charge in [0.05, 0.1) is 11.4 Å². The molecule has 1 saturated carbocycles. The molecule has 2 unspecified atom stereocenters. The molecule has 4 aromatic rings. The zero-order chi connectivity index (χ0) is 23.0. The van der Waals surface area contributed by atoms with Crippen molar-refractivity contribution in [2.24, 2.45) is 11.3 Å². The normalized spacial score (nSPS) is 18.8. The molecule has 1 aliphatic rings. The number of carbonyl (C=O) groups is 1. The number of para-hydroxylation sites is 3. The lowest BCUT2D eigenvalue weighted by Gasteiger charge is -2.23. The van der Waals surface area contributed by atoms with E-state index in [4.69, 9.17) is 0 Å². The predicted molar refractivity (Wildman–Crippen MR) is 136 cm³/mol. The van der Waals surface area contributed by atoms with Crippen LogP contribution < -0.4 is 10.2 Å². The van der Waals surface area contributed by atoms with Crippen molar-refractivity contribution in [3.8, 4) is 0 Å². The van der Waals surface area contributed by atoms with E-state index in [0.29, 0.717) is 18.4 Å². The van der Waals surface area contributed by atoms with Gasteiger partial charge in [0.1, 0.15) is 0 Å². The molecule has 1 aliphatic carbocycles. The Balaban J connectivity index is 1.30. The van der Waals surface area contributed by atoms with Crippen LogP contribution in [0.25, 0.3) is 10.9 Å². The first-order valence-corrected chi connectivity index (χ1v) is 11.7. The molecule has 33 heavy (non-hydrogen) atoms. The Morgan fingerprint density at radius 2 is 1.48 bits per heavy atom. The van der Waals surface area contributed by atoms with Crippen molar-refractivity contribution in [2.75, 3.05) is 11.4 Å². The molecule has 5 rings (SSSR count). The molecule has 0 spiro atoms. The summed E-state index contributed by atoms with van der Waals surface area (Å²) >= 11 is 0. The van der Waals surface area contributed by atoms with Gasteiger partial charge in [0.2, 0.25) is 0 Å². The van der Waals surface area contributed by atoms with E-state index in [1.54, 1.807) is 4.90 Å². The largest absolute Gasteiger partial charge is 0.358 e. The number of rotatable bonds is 6. The number of nitrogens with zero attached hydrogens (tertiary/aromatic N) is 1. The molecule has 1 fully saturated rings. The number of fused-ring (bicyclic) bond motifs is 1. The molecule has 0 radical (unpaired) electrons. The van der Waals surface area contributed by atoms with Crippen molar-refractivity contribution in [3.05, 3.63) is 96.2 Å². The van der Waals surface area contributed by atoms with E-state index >= 15 is 0 Å². The number of aryl methyl sites for hydroxylation is 1. The summed E-state index contributed by atoms with van der Waals surface area (Å²) in [5.74, 6) is 1.04. The van der Waals surface area contributed by atoms with Crippen LogP contribution in [-0.2, 0) is 0 Å². The summed E-state index contributed by atoms with van der Waals surface area (Å²) in [7, 11) is 0. The second kappa shape index (κ2) is 8.43. The van der Waals surface area contributed by atoms with E-state index in [9.17, 15) is 4.79 Å². The van der Waals surface area contributed by atoms with E-state index in [1.807, 2.05) is 60.7 Å². The Bertz CT molecular complexity index is 1220. The average Bonchev–Trinajstić information content (AvgIpc) is 3.18. The van der Waals surface area contributed by atoms with Gasteiger partial charge in [0, 0.05) is 23.1 Å². The highest BCUT2D eigenvalue weighted by Crippen LogP contribution is 2.67. The van der Waals surface area contributed by atoms with E-state index in [2.05, 4.69) is 55.3 Å². The molecule has 4 heteroatoms. The van der Waals surface area contributed by atoms with Crippen LogP contribution in [0.15, 0.2) is 84.9 Å². The highest BCUT2D eigenvalue weighted by molar-refractivity contribution is 5.99. The van der Waals surface area contributed by atoms with Crippen molar-refractivity contribution < 1.29 is 4.79 Å². The lowest BCUT2D eigenvalue weighted by Crippen LogP contribution is -2.37. The maximum atomic E-state index is 13.3. The summed E-state index contributed by atoms with van der Waals surface area (Å²) in [6.45, 7) is 7.54. The van der Waals surface area contributed by atoms with E-state index in [1.165, 1.54) is 22.2 Å². The van der Waals surface area contributed by atoms with E-state index in [-0.39, 0.29) is 11.4 Å². The van der Waals surface area contributed by atoms with Gasteiger partial charge in [0.15, 0.2) is 0 Å². The fraction of sp³-hybridized carbons (Fsp3) is 0.276. The van der Waals surface area contributed by atoms with Gasteiger partial charge >= 0.3 is 6.03 Å². The van der Waals surface area contributed by atoms with Gasteiger partial charge in [0.25, 0.3) is 0 Å². The van der Waals surface area contributed by atoms with Gasteiger partial charge in [-0.1, -0.05) is 68.4 Å². The van der Waals surface area contributed by atoms with Gasteiger partial charge in [-0.05, 0) is 66.5 Å². The smallest absolute Gasteiger partial charge is 0.326 e. The third kappa shape index (κ3) is 3.91. The Hall–Kier alpha value is -3.53. The lowest BCUT2D eigenvalue weighted by atomic mass is 10.0. The zero-order valence-electron chi connectivity index (χ0n) is 19.5. The summed E-state index contributed by atoms with van der Waals surface area (Å²) in [5, 5.41) is 4.52. The summed E-state index contributed by atoms with van der Waals surface area (Å²) in [6, 6.07) is 28.1. The summed E-state index contributed by atoms with van der Waals surface area (Å²) in [5.41, 5.74) is 5.86. The van der Waals surface area contributed by atoms with Crippen LogP contribution in [0.4, 0.5) is 16.2 Å². The third-order valence-electron chi connectivity index (χ3n) is 7.27. The fourth-order valence-electron chi connectivity index (χ4n) is 5.51. The van der Waals surface area contributed by atoms with E-state index < -0.39 is 0 Å². The van der Waals surface area contributed by atoms with Crippen molar-refractivity contribution in [2.45, 2.75) is 33.1 Å². The molecule has 0 bridgehead atoms. The Morgan fingerprint density at radius 1 is 0.909 bits per heavy atom. The molecule has 4 nitrogen and oxygen atoms in total.